The molecule has 0 spiro atoms. The first-order chi connectivity index (χ1) is 16.8. The van der Waals surface area contributed by atoms with Crippen LogP contribution in [-0.4, -0.2) is 0 Å². The maximum absolute atomic E-state index is 2.28. The predicted octanol–water partition coefficient (Wildman–Crippen LogP) is 9.11. The Bertz CT molecular complexity index is 1440. The van der Waals surface area contributed by atoms with Crippen LogP contribution in [0.5, 0.6) is 0 Å². The normalized spacial score (nSPS) is 11.2. The molecule has 0 amide bonds. The maximum Gasteiger partial charge on any atom is -0.0105 e. The Kier molecular flexibility index (Phi) is 5.41. The zero-order valence-corrected chi connectivity index (χ0v) is 19.1. The monoisotopic (exact) mass is 434 g/mol. The molecule has 0 saturated heterocycles. The van der Waals surface area contributed by atoms with E-state index in [-0.39, 0.29) is 0 Å². The molecule has 6 aromatic rings. The Morgan fingerprint density at radius 3 is 1.15 bits per heavy atom. The second-order valence-electron chi connectivity index (χ2n) is 8.95. The van der Waals surface area contributed by atoms with Gasteiger partial charge in [-0.15, -0.1) is 0 Å². The molecule has 0 unspecified atom stereocenters. The van der Waals surface area contributed by atoms with E-state index in [1.807, 2.05) is 0 Å². The van der Waals surface area contributed by atoms with Gasteiger partial charge in [-0.25, -0.2) is 0 Å². The van der Waals surface area contributed by atoms with Crippen LogP contribution in [-0.2, 0) is 12.8 Å². The first kappa shape index (κ1) is 20.4. The molecule has 0 atom stereocenters. The molecule has 34 heavy (non-hydrogen) atoms. The molecule has 0 nitrogen and oxygen atoms in total. The molecular formula is C34H26. The van der Waals surface area contributed by atoms with Crippen molar-refractivity contribution in [2.75, 3.05) is 0 Å². The minimum atomic E-state index is 1.05. The Morgan fingerprint density at radius 1 is 0.324 bits per heavy atom. The minimum Gasteiger partial charge on any atom is -0.0616 e. The fraction of sp³-hybridized carbons (Fsp3) is 0.0588. The maximum atomic E-state index is 2.28. The van der Waals surface area contributed by atoms with E-state index < -0.39 is 0 Å². The van der Waals surface area contributed by atoms with Crippen LogP contribution in [0.2, 0.25) is 0 Å². The summed E-state index contributed by atoms with van der Waals surface area (Å²) in [6.07, 6.45) is 2.09. The third-order valence-electron chi connectivity index (χ3n) is 6.81. The van der Waals surface area contributed by atoms with Gasteiger partial charge in [0.15, 0.2) is 0 Å². The van der Waals surface area contributed by atoms with E-state index in [2.05, 4.69) is 133 Å². The molecule has 162 valence electrons. The van der Waals surface area contributed by atoms with E-state index in [0.717, 1.165) is 12.8 Å². The van der Waals surface area contributed by atoms with Gasteiger partial charge in [-0.1, -0.05) is 133 Å². The van der Waals surface area contributed by atoms with Crippen molar-refractivity contribution >= 4 is 21.5 Å². The summed E-state index contributed by atoms with van der Waals surface area (Å²) in [7, 11) is 0. The zero-order chi connectivity index (χ0) is 22.7. The van der Waals surface area contributed by atoms with E-state index in [0.29, 0.717) is 0 Å². The van der Waals surface area contributed by atoms with Crippen LogP contribution in [0.1, 0.15) is 11.1 Å². The molecule has 0 N–H and O–H groups in total. The van der Waals surface area contributed by atoms with E-state index in [1.165, 1.54) is 54.9 Å². The van der Waals surface area contributed by atoms with Crippen molar-refractivity contribution in [1.82, 2.24) is 0 Å². The van der Waals surface area contributed by atoms with Gasteiger partial charge in [0, 0.05) is 0 Å². The van der Waals surface area contributed by atoms with Gasteiger partial charge in [0.25, 0.3) is 0 Å². The number of rotatable bonds is 5. The predicted molar refractivity (Wildman–Crippen MR) is 146 cm³/mol. The molecular weight excluding hydrogens is 408 g/mol. The third kappa shape index (κ3) is 4.00. The smallest absolute Gasteiger partial charge is 0.0105 e. The van der Waals surface area contributed by atoms with Crippen molar-refractivity contribution in [3.05, 3.63) is 145 Å². The molecule has 0 heterocycles. The Hall–Kier alpha value is -4.16. The summed E-state index contributed by atoms with van der Waals surface area (Å²) in [4.78, 5) is 0. The molecule has 0 radical (unpaired) electrons. The summed E-state index contributed by atoms with van der Waals surface area (Å²) in [5.41, 5.74) is 7.91. The van der Waals surface area contributed by atoms with Gasteiger partial charge in [0.1, 0.15) is 0 Å². The number of hydrogen-bond acceptors (Lipinski definition) is 0. The fourth-order valence-corrected chi connectivity index (χ4v) is 4.94. The lowest BCUT2D eigenvalue weighted by Crippen LogP contribution is -1.92. The van der Waals surface area contributed by atoms with Crippen LogP contribution >= 0.6 is 0 Å². The van der Waals surface area contributed by atoms with Crippen LogP contribution in [0.15, 0.2) is 133 Å². The molecule has 0 fully saturated rings. The van der Waals surface area contributed by atoms with Crippen LogP contribution in [0, 0.1) is 0 Å². The van der Waals surface area contributed by atoms with Gasteiger partial charge in [-0.3, -0.25) is 0 Å². The summed E-state index contributed by atoms with van der Waals surface area (Å²) >= 11 is 0. The van der Waals surface area contributed by atoms with Crippen molar-refractivity contribution in [3.8, 4) is 22.3 Å². The fourth-order valence-electron chi connectivity index (χ4n) is 4.94. The van der Waals surface area contributed by atoms with Crippen molar-refractivity contribution in [2.24, 2.45) is 0 Å². The summed E-state index contributed by atoms with van der Waals surface area (Å²) in [6, 6.07) is 48.5. The highest BCUT2D eigenvalue weighted by Gasteiger charge is 2.05. The highest BCUT2D eigenvalue weighted by atomic mass is 14.1. The van der Waals surface area contributed by atoms with Crippen LogP contribution in [0.25, 0.3) is 43.8 Å². The summed E-state index contributed by atoms with van der Waals surface area (Å²) in [5.74, 6) is 0. The van der Waals surface area contributed by atoms with Crippen LogP contribution < -0.4 is 0 Å². The lowest BCUT2D eigenvalue weighted by atomic mass is 9.95. The molecule has 0 aliphatic heterocycles. The SMILES string of the molecule is c1ccc2c(-c3ccc(CCc4ccc(-c5cccc6ccccc56)cc4)cc3)cccc2c1. The summed E-state index contributed by atoms with van der Waals surface area (Å²) in [6.45, 7) is 0. The van der Waals surface area contributed by atoms with Gasteiger partial charge in [-0.2, -0.15) is 0 Å². The van der Waals surface area contributed by atoms with Crippen molar-refractivity contribution in [3.63, 3.8) is 0 Å². The molecule has 0 bridgehead atoms. The molecule has 0 aliphatic carbocycles. The molecule has 0 aliphatic rings. The lowest BCUT2D eigenvalue weighted by Gasteiger charge is -2.09. The zero-order valence-electron chi connectivity index (χ0n) is 19.1. The Balaban J connectivity index is 1.17. The average Bonchev–Trinajstić information content (AvgIpc) is 2.92. The molecule has 0 heteroatoms. The Morgan fingerprint density at radius 2 is 0.706 bits per heavy atom. The van der Waals surface area contributed by atoms with Crippen LogP contribution in [0.4, 0.5) is 0 Å². The molecule has 0 saturated carbocycles. The number of fused-ring (bicyclic) bond motifs is 2. The summed E-state index contributed by atoms with van der Waals surface area (Å²) < 4.78 is 0. The Labute approximate surface area is 201 Å². The standard InChI is InChI=1S/C34H26/c1-3-11-31-27(7-1)9-5-13-33(31)29-21-17-25(18-22-29)15-16-26-19-23-30(24-20-26)34-14-6-10-28-8-2-4-12-32(28)34/h1-14,17-24H,15-16H2. The van der Waals surface area contributed by atoms with E-state index in [9.17, 15) is 0 Å². The van der Waals surface area contributed by atoms with Gasteiger partial charge in [-0.05, 0) is 67.8 Å². The average molecular weight is 435 g/mol. The van der Waals surface area contributed by atoms with E-state index in [4.69, 9.17) is 0 Å². The largest absolute Gasteiger partial charge is 0.0616 e. The molecule has 0 aromatic heterocycles. The number of aryl methyl sites for hydroxylation is 2. The molecule has 6 aromatic carbocycles. The first-order valence-electron chi connectivity index (χ1n) is 12.0. The summed E-state index contributed by atoms with van der Waals surface area (Å²) in [5, 5.41) is 5.19. The second-order valence-corrected chi connectivity index (χ2v) is 8.95. The lowest BCUT2D eigenvalue weighted by molar-refractivity contribution is 0.961. The van der Waals surface area contributed by atoms with Crippen molar-refractivity contribution in [2.45, 2.75) is 12.8 Å². The van der Waals surface area contributed by atoms with E-state index in [1.54, 1.807) is 0 Å². The van der Waals surface area contributed by atoms with Gasteiger partial charge in [0.05, 0.1) is 0 Å². The van der Waals surface area contributed by atoms with E-state index >= 15 is 0 Å². The third-order valence-corrected chi connectivity index (χ3v) is 6.81. The van der Waals surface area contributed by atoms with Gasteiger partial charge >= 0.3 is 0 Å². The van der Waals surface area contributed by atoms with Crippen LogP contribution in [0.3, 0.4) is 0 Å². The minimum absolute atomic E-state index is 1.05. The topological polar surface area (TPSA) is 0 Å². The molecule has 6 rings (SSSR count). The number of hydrogen-bond donors (Lipinski definition) is 0. The highest BCUT2D eigenvalue weighted by molar-refractivity contribution is 5.97. The second kappa shape index (κ2) is 9.00. The number of benzene rings is 6. The van der Waals surface area contributed by atoms with Gasteiger partial charge in [0.2, 0.25) is 0 Å². The van der Waals surface area contributed by atoms with Crippen molar-refractivity contribution in [1.29, 1.82) is 0 Å². The quantitative estimate of drug-likeness (QED) is 0.254. The highest BCUT2D eigenvalue weighted by Crippen LogP contribution is 2.30. The van der Waals surface area contributed by atoms with Gasteiger partial charge < -0.3 is 0 Å². The first-order valence-corrected chi connectivity index (χ1v) is 12.0. The van der Waals surface area contributed by atoms with Crippen molar-refractivity contribution < 1.29 is 0 Å².